The summed E-state index contributed by atoms with van der Waals surface area (Å²) in [6.45, 7) is 3.91. The van der Waals surface area contributed by atoms with E-state index in [-0.39, 0.29) is 11.6 Å². The second-order valence-electron chi connectivity index (χ2n) is 6.30. The van der Waals surface area contributed by atoms with Crippen molar-refractivity contribution >= 4 is 34.8 Å². The van der Waals surface area contributed by atoms with Gasteiger partial charge in [-0.15, -0.1) is 11.3 Å². The van der Waals surface area contributed by atoms with Crippen molar-refractivity contribution in [3.8, 4) is 10.6 Å². The molecular weight excluding hydrogens is 396 g/mol. The lowest BCUT2D eigenvalue weighted by atomic mass is 10.1. The topological polar surface area (TPSA) is 68.3 Å². The molecule has 5 nitrogen and oxygen atoms in total. The Balaban J connectivity index is 1.56. The zero-order valence-corrected chi connectivity index (χ0v) is 17.0. The lowest BCUT2D eigenvalue weighted by molar-refractivity contribution is -0.129. The Morgan fingerprint density at radius 1 is 1.21 bits per heavy atom. The molecule has 3 aromatic rings. The summed E-state index contributed by atoms with van der Waals surface area (Å²) in [6, 6.07) is 15.1. The third-order valence-electron chi connectivity index (χ3n) is 4.03. The maximum absolute atomic E-state index is 12.3. The SMILES string of the molecule is Cc1ccc(CNC(=O)C(C)OC(=O)c2csc(-c3cccc(Cl)c3)n2)cc1. The number of aryl methyl sites for hydroxylation is 1. The molecule has 1 N–H and O–H groups in total. The number of rotatable bonds is 6. The predicted molar refractivity (Wildman–Crippen MR) is 110 cm³/mol. The number of aromatic nitrogens is 1. The van der Waals surface area contributed by atoms with Crippen LogP contribution in [0, 0.1) is 6.92 Å². The minimum absolute atomic E-state index is 0.165. The van der Waals surface area contributed by atoms with E-state index in [9.17, 15) is 9.59 Å². The molecule has 144 valence electrons. The largest absolute Gasteiger partial charge is 0.448 e. The van der Waals surface area contributed by atoms with Crippen molar-refractivity contribution in [1.82, 2.24) is 10.3 Å². The molecule has 0 spiro atoms. The second kappa shape index (κ2) is 8.99. The van der Waals surface area contributed by atoms with E-state index in [1.54, 1.807) is 17.5 Å². The quantitative estimate of drug-likeness (QED) is 0.597. The Kier molecular flexibility index (Phi) is 6.44. The first-order valence-corrected chi connectivity index (χ1v) is 9.94. The first kappa shape index (κ1) is 20.0. The zero-order valence-electron chi connectivity index (χ0n) is 15.4. The highest BCUT2D eigenvalue weighted by atomic mass is 35.5. The average Bonchev–Trinajstić information content (AvgIpc) is 3.17. The first-order chi connectivity index (χ1) is 13.4. The molecule has 1 aromatic heterocycles. The van der Waals surface area contributed by atoms with Crippen LogP contribution in [-0.4, -0.2) is 23.0 Å². The van der Waals surface area contributed by atoms with E-state index >= 15 is 0 Å². The van der Waals surface area contributed by atoms with Crippen molar-refractivity contribution in [3.05, 3.63) is 75.8 Å². The third kappa shape index (κ3) is 5.18. The van der Waals surface area contributed by atoms with Gasteiger partial charge in [-0.05, 0) is 31.5 Å². The van der Waals surface area contributed by atoms with Gasteiger partial charge in [0.25, 0.3) is 5.91 Å². The Morgan fingerprint density at radius 2 is 1.96 bits per heavy atom. The predicted octanol–water partition coefficient (Wildman–Crippen LogP) is 4.63. The maximum atomic E-state index is 12.3. The van der Waals surface area contributed by atoms with Crippen LogP contribution in [0.1, 0.15) is 28.5 Å². The molecule has 0 saturated carbocycles. The van der Waals surface area contributed by atoms with Crippen LogP contribution in [0.4, 0.5) is 0 Å². The number of nitrogens with zero attached hydrogens (tertiary/aromatic N) is 1. The minimum atomic E-state index is -0.922. The molecule has 7 heteroatoms. The van der Waals surface area contributed by atoms with Crippen LogP contribution in [0.15, 0.2) is 53.9 Å². The van der Waals surface area contributed by atoms with Crippen LogP contribution in [-0.2, 0) is 16.1 Å². The van der Waals surface area contributed by atoms with E-state index in [4.69, 9.17) is 16.3 Å². The van der Waals surface area contributed by atoms with E-state index in [1.807, 2.05) is 43.3 Å². The van der Waals surface area contributed by atoms with E-state index in [0.717, 1.165) is 16.7 Å². The average molecular weight is 415 g/mol. The highest BCUT2D eigenvalue weighted by Crippen LogP contribution is 2.26. The van der Waals surface area contributed by atoms with Crippen molar-refractivity contribution in [1.29, 1.82) is 0 Å². The van der Waals surface area contributed by atoms with E-state index < -0.39 is 12.1 Å². The maximum Gasteiger partial charge on any atom is 0.358 e. The van der Waals surface area contributed by atoms with Crippen molar-refractivity contribution in [2.45, 2.75) is 26.5 Å². The summed E-state index contributed by atoms with van der Waals surface area (Å²) in [5, 5.41) is 5.62. The van der Waals surface area contributed by atoms with Crippen LogP contribution in [0.3, 0.4) is 0 Å². The molecule has 0 fully saturated rings. The Labute approximate surface area is 172 Å². The number of carbonyl (C=O) groups excluding carboxylic acids is 2. The molecular formula is C21H19ClN2O3S. The zero-order chi connectivity index (χ0) is 20.1. The van der Waals surface area contributed by atoms with Gasteiger partial charge >= 0.3 is 5.97 Å². The Hall–Kier alpha value is -2.70. The molecule has 0 saturated heterocycles. The van der Waals surface area contributed by atoms with Crippen molar-refractivity contribution in [3.63, 3.8) is 0 Å². The van der Waals surface area contributed by atoms with E-state index in [2.05, 4.69) is 10.3 Å². The van der Waals surface area contributed by atoms with Crippen LogP contribution in [0.5, 0.6) is 0 Å². The van der Waals surface area contributed by atoms with Crippen molar-refractivity contribution in [2.75, 3.05) is 0 Å². The molecule has 1 atom stereocenters. The third-order valence-corrected chi connectivity index (χ3v) is 5.15. The standard InChI is InChI=1S/C21H19ClN2O3S/c1-13-6-8-15(9-7-13)11-23-19(25)14(2)27-21(26)18-12-28-20(24-18)16-4-3-5-17(22)10-16/h3-10,12,14H,11H2,1-2H3,(H,23,25). The summed E-state index contributed by atoms with van der Waals surface area (Å²) in [4.78, 5) is 28.8. The number of hydrogen-bond donors (Lipinski definition) is 1. The molecule has 1 heterocycles. The lowest BCUT2D eigenvalue weighted by Gasteiger charge is -2.13. The van der Waals surface area contributed by atoms with Gasteiger partial charge in [0.1, 0.15) is 5.01 Å². The second-order valence-corrected chi connectivity index (χ2v) is 7.59. The van der Waals surface area contributed by atoms with Gasteiger partial charge in [-0.1, -0.05) is 53.6 Å². The number of thiazole rings is 1. The molecule has 0 aliphatic heterocycles. The number of benzene rings is 2. The van der Waals surface area contributed by atoms with Gasteiger partial charge in [-0.25, -0.2) is 9.78 Å². The van der Waals surface area contributed by atoms with Gasteiger partial charge in [0.15, 0.2) is 11.8 Å². The number of carbonyl (C=O) groups is 2. The fraction of sp³-hybridized carbons (Fsp3) is 0.190. The molecule has 0 radical (unpaired) electrons. The Morgan fingerprint density at radius 3 is 2.68 bits per heavy atom. The summed E-state index contributed by atoms with van der Waals surface area (Å²) < 4.78 is 5.25. The Bertz CT molecular complexity index is 985. The van der Waals surface area contributed by atoms with Gasteiger partial charge in [0.05, 0.1) is 0 Å². The monoisotopic (exact) mass is 414 g/mol. The molecule has 2 aromatic carbocycles. The summed E-state index contributed by atoms with van der Waals surface area (Å²) in [7, 11) is 0. The number of nitrogens with one attached hydrogen (secondary N) is 1. The summed E-state index contributed by atoms with van der Waals surface area (Å²) in [6.07, 6.45) is -0.922. The smallest absolute Gasteiger partial charge is 0.358 e. The van der Waals surface area contributed by atoms with Crippen LogP contribution < -0.4 is 5.32 Å². The summed E-state index contributed by atoms with van der Waals surface area (Å²) >= 11 is 7.30. The number of halogens is 1. The lowest BCUT2D eigenvalue weighted by Crippen LogP contribution is -2.35. The number of amides is 1. The van der Waals surface area contributed by atoms with Crippen molar-refractivity contribution in [2.24, 2.45) is 0 Å². The van der Waals surface area contributed by atoms with Gasteiger partial charge in [0, 0.05) is 22.5 Å². The minimum Gasteiger partial charge on any atom is -0.448 e. The van der Waals surface area contributed by atoms with E-state index in [1.165, 1.54) is 18.3 Å². The molecule has 0 aliphatic carbocycles. The molecule has 3 rings (SSSR count). The van der Waals surface area contributed by atoms with Gasteiger partial charge in [-0.3, -0.25) is 4.79 Å². The first-order valence-electron chi connectivity index (χ1n) is 8.68. The summed E-state index contributed by atoms with van der Waals surface area (Å²) in [5.41, 5.74) is 3.11. The number of ether oxygens (including phenoxy) is 1. The molecule has 0 aliphatic rings. The van der Waals surface area contributed by atoms with E-state index in [0.29, 0.717) is 16.6 Å². The van der Waals surface area contributed by atoms with Gasteiger partial charge < -0.3 is 10.1 Å². The number of hydrogen-bond acceptors (Lipinski definition) is 5. The van der Waals surface area contributed by atoms with Crippen LogP contribution >= 0.6 is 22.9 Å². The fourth-order valence-electron chi connectivity index (χ4n) is 2.43. The fourth-order valence-corrected chi connectivity index (χ4v) is 3.41. The van der Waals surface area contributed by atoms with Crippen LogP contribution in [0.25, 0.3) is 10.6 Å². The van der Waals surface area contributed by atoms with Gasteiger partial charge in [-0.2, -0.15) is 0 Å². The number of esters is 1. The highest BCUT2D eigenvalue weighted by molar-refractivity contribution is 7.13. The molecule has 1 amide bonds. The molecule has 28 heavy (non-hydrogen) atoms. The highest BCUT2D eigenvalue weighted by Gasteiger charge is 2.21. The summed E-state index contributed by atoms with van der Waals surface area (Å²) in [5.74, 6) is -0.998. The van der Waals surface area contributed by atoms with Gasteiger partial charge in [0.2, 0.25) is 0 Å². The normalized spacial score (nSPS) is 11.7. The molecule has 1 unspecified atom stereocenters. The molecule has 0 bridgehead atoms. The van der Waals surface area contributed by atoms with Crippen molar-refractivity contribution < 1.29 is 14.3 Å². The van der Waals surface area contributed by atoms with Crippen LogP contribution in [0.2, 0.25) is 5.02 Å².